The minimum absolute atomic E-state index is 0. The van der Waals surface area contributed by atoms with Crippen molar-refractivity contribution in [3.05, 3.63) is 23.9 Å². The van der Waals surface area contributed by atoms with Crippen LogP contribution < -0.4 is 10.2 Å². The standard InChI is InChI=1S/C20H34N6O.HI/c1-5-21-20(24(4)16-19(27)25(6-2)7-3)23-15-17-10-11-22-18(14-17)26-12-8-9-13-26;/h10-11,14H,5-9,12-13,15-16H2,1-4H3,(H,21,23);1H. The van der Waals surface area contributed by atoms with E-state index in [-0.39, 0.29) is 29.9 Å². The van der Waals surface area contributed by atoms with Gasteiger partial charge in [0.25, 0.3) is 0 Å². The third-order valence-corrected chi connectivity index (χ3v) is 4.84. The van der Waals surface area contributed by atoms with E-state index in [9.17, 15) is 4.79 Å². The van der Waals surface area contributed by atoms with Gasteiger partial charge in [0.05, 0.1) is 13.1 Å². The zero-order chi connectivity index (χ0) is 19.6. The van der Waals surface area contributed by atoms with Crippen molar-refractivity contribution in [1.82, 2.24) is 20.1 Å². The van der Waals surface area contributed by atoms with Gasteiger partial charge in [-0.2, -0.15) is 0 Å². The van der Waals surface area contributed by atoms with Gasteiger partial charge >= 0.3 is 0 Å². The highest BCUT2D eigenvalue weighted by atomic mass is 127. The van der Waals surface area contributed by atoms with E-state index in [2.05, 4.69) is 21.3 Å². The zero-order valence-corrected chi connectivity index (χ0v) is 20.0. The van der Waals surface area contributed by atoms with Crippen molar-refractivity contribution in [1.29, 1.82) is 0 Å². The van der Waals surface area contributed by atoms with E-state index in [1.807, 2.05) is 49.9 Å². The lowest BCUT2D eigenvalue weighted by Gasteiger charge is -2.25. The molecule has 0 bridgehead atoms. The second-order valence-corrected chi connectivity index (χ2v) is 6.81. The summed E-state index contributed by atoms with van der Waals surface area (Å²) in [7, 11) is 1.91. The Kier molecular flexibility index (Phi) is 11.2. The number of aliphatic imine (C=N–C) groups is 1. The van der Waals surface area contributed by atoms with Crippen LogP contribution >= 0.6 is 24.0 Å². The summed E-state index contributed by atoms with van der Waals surface area (Å²) in [6.45, 7) is 11.3. The summed E-state index contributed by atoms with van der Waals surface area (Å²) in [5, 5.41) is 3.28. The van der Waals surface area contributed by atoms with Crippen LogP contribution in [0.25, 0.3) is 0 Å². The van der Waals surface area contributed by atoms with Gasteiger partial charge in [-0.05, 0) is 51.3 Å². The van der Waals surface area contributed by atoms with Crippen LogP contribution in [-0.2, 0) is 11.3 Å². The molecule has 1 N–H and O–H groups in total. The van der Waals surface area contributed by atoms with Crippen LogP contribution in [0.4, 0.5) is 5.82 Å². The Morgan fingerprint density at radius 3 is 2.54 bits per heavy atom. The maximum Gasteiger partial charge on any atom is 0.242 e. The van der Waals surface area contributed by atoms with E-state index in [0.717, 1.165) is 50.1 Å². The summed E-state index contributed by atoms with van der Waals surface area (Å²) >= 11 is 0. The highest BCUT2D eigenvalue weighted by Gasteiger charge is 2.16. The van der Waals surface area contributed by atoms with E-state index in [4.69, 9.17) is 4.99 Å². The molecule has 1 aromatic heterocycles. The topological polar surface area (TPSA) is 64.1 Å². The van der Waals surface area contributed by atoms with E-state index in [0.29, 0.717) is 13.1 Å². The molecule has 0 atom stereocenters. The van der Waals surface area contributed by atoms with Gasteiger partial charge in [0.1, 0.15) is 5.82 Å². The normalized spacial score (nSPS) is 13.9. The molecule has 8 heteroatoms. The molecule has 2 heterocycles. The molecule has 0 saturated carbocycles. The Morgan fingerprint density at radius 2 is 1.93 bits per heavy atom. The molecule has 1 aliphatic rings. The van der Waals surface area contributed by atoms with Gasteiger partial charge in [0.2, 0.25) is 5.91 Å². The summed E-state index contributed by atoms with van der Waals surface area (Å²) in [6.07, 6.45) is 4.33. The van der Waals surface area contributed by atoms with Crippen LogP contribution in [0.15, 0.2) is 23.3 Å². The SMILES string of the molecule is CCNC(=NCc1ccnc(N2CCCC2)c1)N(C)CC(=O)N(CC)CC.I. The number of guanidine groups is 1. The van der Waals surface area contributed by atoms with Crippen molar-refractivity contribution in [3.8, 4) is 0 Å². The average molecular weight is 502 g/mol. The number of anilines is 1. The number of hydrogen-bond donors (Lipinski definition) is 1. The van der Waals surface area contributed by atoms with Gasteiger partial charge in [-0.25, -0.2) is 9.98 Å². The van der Waals surface area contributed by atoms with Crippen molar-refractivity contribution >= 4 is 41.7 Å². The lowest BCUT2D eigenvalue weighted by molar-refractivity contribution is -0.131. The maximum atomic E-state index is 12.4. The van der Waals surface area contributed by atoms with Crippen molar-refractivity contribution < 1.29 is 4.79 Å². The average Bonchev–Trinajstić information content (AvgIpc) is 3.21. The van der Waals surface area contributed by atoms with E-state index < -0.39 is 0 Å². The Balaban J connectivity index is 0.00000392. The van der Waals surface area contributed by atoms with Crippen molar-refractivity contribution in [2.24, 2.45) is 4.99 Å². The number of hydrogen-bond acceptors (Lipinski definition) is 4. The van der Waals surface area contributed by atoms with E-state index in [1.54, 1.807) is 0 Å². The molecular weight excluding hydrogens is 467 g/mol. The van der Waals surface area contributed by atoms with Gasteiger partial charge < -0.3 is 20.0 Å². The molecule has 1 fully saturated rings. The van der Waals surface area contributed by atoms with Gasteiger partial charge in [0, 0.05) is 46.0 Å². The Bertz CT molecular complexity index is 629. The van der Waals surface area contributed by atoms with Crippen LogP contribution in [-0.4, -0.2) is 73.0 Å². The van der Waals surface area contributed by atoms with Crippen LogP contribution in [0.2, 0.25) is 0 Å². The smallest absolute Gasteiger partial charge is 0.242 e. The molecule has 0 radical (unpaired) electrons. The van der Waals surface area contributed by atoms with Gasteiger partial charge in [-0.1, -0.05) is 0 Å². The number of halogens is 1. The Hall–Kier alpha value is -1.58. The summed E-state index contributed by atoms with van der Waals surface area (Å²) < 4.78 is 0. The Morgan fingerprint density at radius 1 is 1.25 bits per heavy atom. The largest absolute Gasteiger partial charge is 0.357 e. The molecule has 0 aromatic carbocycles. The predicted molar refractivity (Wildman–Crippen MR) is 126 cm³/mol. The highest BCUT2D eigenvalue weighted by molar-refractivity contribution is 14.0. The number of carbonyl (C=O) groups excluding carboxylic acids is 1. The lowest BCUT2D eigenvalue weighted by atomic mass is 10.2. The second-order valence-electron chi connectivity index (χ2n) is 6.81. The third-order valence-electron chi connectivity index (χ3n) is 4.84. The minimum Gasteiger partial charge on any atom is -0.357 e. The molecule has 2 rings (SSSR count). The maximum absolute atomic E-state index is 12.4. The summed E-state index contributed by atoms with van der Waals surface area (Å²) in [6, 6.07) is 4.13. The van der Waals surface area contributed by atoms with Gasteiger partial charge in [-0.3, -0.25) is 4.79 Å². The monoisotopic (exact) mass is 502 g/mol. The Labute approximate surface area is 186 Å². The number of amides is 1. The molecule has 0 unspecified atom stereocenters. The first-order valence-electron chi connectivity index (χ1n) is 10.1. The van der Waals surface area contributed by atoms with Crippen LogP contribution in [0.3, 0.4) is 0 Å². The fourth-order valence-electron chi connectivity index (χ4n) is 3.27. The number of nitrogens with one attached hydrogen (secondary N) is 1. The van der Waals surface area contributed by atoms with E-state index in [1.165, 1.54) is 12.8 Å². The molecule has 28 heavy (non-hydrogen) atoms. The quantitative estimate of drug-likeness (QED) is 0.337. The third kappa shape index (κ3) is 7.10. The molecule has 1 amide bonds. The number of rotatable bonds is 8. The summed E-state index contributed by atoms with van der Waals surface area (Å²) in [5.41, 5.74) is 1.13. The fraction of sp³-hybridized carbons (Fsp3) is 0.650. The number of aromatic nitrogens is 1. The first-order chi connectivity index (χ1) is 13.1. The van der Waals surface area contributed by atoms with Crippen molar-refractivity contribution in [2.45, 2.75) is 40.2 Å². The van der Waals surface area contributed by atoms with Crippen molar-refractivity contribution in [3.63, 3.8) is 0 Å². The first-order valence-corrected chi connectivity index (χ1v) is 10.1. The number of nitrogens with zero attached hydrogens (tertiary/aromatic N) is 5. The molecule has 0 aliphatic carbocycles. The lowest BCUT2D eigenvalue weighted by Crippen LogP contribution is -2.45. The van der Waals surface area contributed by atoms with Crippen LogP contribution in [0.1, 0.15) is 39.2 Å². The minimum atomic E-state index is 0. The molecule has 158 valence electrons. The fourth-order valence-corrected chi connectivity index (χ4v) is 3.27. The molecule has 1 aromatic rings. The predicted octanol–water partition coefficient (Wildman–Crippen LogP) is 2.57. The molecule has 1 aliphatic heterocycles. The first kappa shape index (κ1) is 24.5. The molecule has 1 saturated heterocycles. The number of likely N-dealkylation sites (N-methyl/N-ethyl adjacent to an activating group) is 2. The van der Waals surface area contributed by atoms with Crippen molar-refractivity contribution in [2.75, 3.05) is 51.2 Å². The number of carbonyl (C=O) groups is 1. The van der Waals surface area contributed by atoms with Gasteiger partial charge in [0.15, 0.2) is 5.96 Å². The molecule has 7 nitrogen and oxygen atoms in total. The summed E-state index contributed by atoms with van der Waals surface area (Å²) in [4.78, 5) is 27.7. The van der Waals surface area contributed by atoms with E-state index >= 15 is 0 Å². The highest BCUT2D eigenvalue weighted by Crippen LogP contribution is 2.18. The van der Waals surface area contributed by atoms with Gasteiger partial charge in [-0.15, -0.1) is 24.0 Å². The van der Waals surface area contributed by atoms with Crippen LogP contribution in [0.5, 0.6) is 0 Å². The second kappa shape index (κ2) is 12.8. The number of pyridine rings is 1. The summed E-state index contributed by atoms with van der Waals surface area (Å²) in [5.74, 6) is 1.90. The molecular formula is C20H35IN6O. The molecule has 0 spiro atoms. The zero-order valence-electron chi connectivity index (χ0n) is 17.6. The van der Waals surface area contributed by atoms with Crippen LogP contribution in [0, 0.1) is 0 Å².